The summed E-state index contributed by atoms with van der Waals surface area (Å²) >= 11 is 0. The molecule has 0 saturated heterocycles. The van der Waals surface area contributed by atoms with Crippen molar-refractivity contribution in [2.75, 3.05) is 13.7 Å². The van der Waals surface area contributed by atoms with E-state index in [2.05, 4.69) is 5.32 Å². The Labute approximate surface area is 120 Å². The highest BCUT2D eigenvalue weighted by Crippen LogP contribution is 2.41. The molecule has 1 aliphatic carbocycles. The fourth-order valence-corrected chi connectivity index (χ4v) is 2.09. The summed E-state index contributed by atoms with van der Waals surface area (Å²) in [6.45, 7) is -1.33. The number of hydrogen-bond donors (Lipinski definition) is 2. The van der Waals surface area contributed by atoms with Gasteiger partial charge in [0.1, 0.15) is 12.3 Å². The van der Waals surface area contributed by atoms with Crippen molar-refractivity contribution < 1.29 is 22.7 Å². The van der Waals surface area contributed by atoms with Gasteiger partial charge in [-0.1, -0.05) is 12.1 Å². The third-order valence-electron chi connectivity index (χ3n) is 3.30. The number of nitrogens with one attached hydrogen (secondary N) is 2. The van der Waals surface area contributed by atoms with Crippen molar-refractivity contribution in [1.29, 1.82) is 0 Å². The topological polar surface area (TPSA) is 50.4 Å². The van der Waals surface area contributed by atoms with E-state index in [9.17, 15) is 18.0 Å². The largest absolute Gasteiger partial charge is 0.497 e. The molecule has 0 radical (unpaired) electrons. The Morgan fingerprint density at radius 2 is 1.95 bits per heavy atom. The van der Waals surface area contributed by atoms with Crippen LogP contribution in [0.15, 0.2) is 24.3 Å². The van der Waals surface area contributed by atoms with E-state index in [0.29, 0.717) is 5.75 Å². The van der Waals surface area contributed by atoms with Crippen molar-refractivity contribution in [3.05, 3.63) is 29.8 Å². The smallest absolute Gasteiger partial charge is 0.405 e. The zero-order chi connectivity index (χ0) is 15.5. The van der Waals surface area contributed by atoms with Crippen molar-refractivity contribution in [1.82, 2.24) is 10.6 Å². The van der Waals surface area contributed by atoms with Crippen LogP contribution in [0.3, 0.4) is 0 Å². The number of ether oxygens (including phenoxy) is 1. The van der Waals surface area contributed by atoms with Crippen LogP contribution in [-0.2, 0) is 0 Å². The third-order valence-corrected chi connectivity index (χ3v) is 3.30. The van der Waals surface area contributed by atoms with Crippen LogP contribution in [0.2, 0.25) is 0 Å². The van der Waals surface area contributed by atoms with Gasteiger partial charge in [-0.15, -0.1) is 0 Å². The molecule has 116 valence electrons. The minimum Gasteiger partial charge on any atom is -0.497 e. The first-order chi connectivity index (χ1) is 9.89. The van der Waals surface area contributed by atoms with Gasteiger partial charge in [0.15, 0.2) is 0 Å². The zero-order valence-corrected chi connectivity index (χ0v) is 11.5. The molecule has 1 unspecified atom stereocenters. The number of methoxy groups -OCH3 is 1. The number of carbonyl (C=O) groups excluding carboxylic acids is 1. The van der Waals surface area contributed by atoms with Crippen molar-refractivity contribution in [2.24, 2.45) is 5.92 Å². The van der Waals surface area contributed by atoms with Gasteiger partial charge in [0.25, 0.3) is 0 Å². The molecule has 1 saturated carbocycles. The van der Waals surface area contributed by atoms with Gasteiger partial charge in [0, 0.05) is 0 Å². The maximum absolute atomic E-state index is 12.1. The molecule has 7 heteroatoms. The van der Waals surface area contributed by atoms with Gasteiger partial charge in [-0.05, 0) is 36.5 Å². The molecule has 1 fully saturated rings. The molecule has 1 aromatic rings. The Morgan fingerprint density at radius 1 is 1.33 bits per heavy atom. The number of carbonyl (C=O) groups is 1. The summed E-state index contributed by atoms with van der Waals surface area (Å²) in [6.07, 6.45) is -2.50. The lowest BCUT2D eigenvalue weighted by Crippen LogP contribution is -2.42. The molecule has 4 nitrogen and oxygen atoms in total. The molecule has 1 atom stereocenters. The Morgan fingerprint density at radius 3 is 2.43 bits per heavy atom. The highest BCUT2D eigenvalue weighted by atomic mass is 19.4. The summed E-state index contributed by atoms with van der Waals surface area (Å²) < 4.78 is 41.3. The van der Waals surface area contributed by atoms with E-state index in [1.165, 1.54) is 0 Å². The van der Waals surface area contributed by atoms with E-state index in [4.69, 9.17) is 4.74 Å². The van der Waals surface area contributed by atoms with Crippen LogP contribution in [0.4, 0.5) is 18.0 Å². The average molecular weight is 302 g/mol. The Kier molecular flexibility index (Phi) is 4.59. The molecule has 2 amide bonds. The highest BCUT2D eigenvalue weighted by molar-refractivity contribution is 5.74. The fourth-order valence-electron chi connectivity index (χ4n) is 2.09. The van der Waals surface area contributed by atoms with E-state index < -0.39 is 18.8 Å². The number of halogens is 3. The van der Waals surface area contributed by atoms with Gasteiger partial charge in [-0.2, -0.15) is 13.2 Å². The number of benzene rings is 1. The summed E-state index contributed by atoms with van der Waals surface area (Å²) in [5, 5.41) is 4.44. The molecule has 1 aliphatic rings. The van der Waals surface area contributed by atoms with E-state index in [0.717, 1.165) is 18.4 Å². The van der Waals surface area contributed by atoms with Crippen LogP contribution in [-0.4, -0.2) is 25.9 Å². The van der Waals surface area contributed by atoms with Gasteiger partial charge >= 0.3 is 12.2 Å². The van der Waals surface area contributed by atoms with Crippen molar-refractivity contribution in [3.8, 4) is 5.75 Å². The van der Waals surface area contributed by atoms with Crippen LogP contribution in [0.5, 0.6) is 5.75 Å². The molecule has 2 rings (SSSR count). The predicted octanol–water partition coefficient (Wildman–Crippen LogP) is 3.01. The normalized spacial score (nSPS) is 16.2. The monoisotopic (exact) mass is 302 g/mol. The summed E-state index contributed by atoms with van der Waals surface area (Å²) in [4.78, 5) is 11.6. The van der Waals surface area contributed by atoms with Crippen LogP contribution < -0.4 is 15.4 Å². The number of alkyl halides is 3. The lowest BCUT2D eigenvalue weighted by Gasteiger charge is -2.20. The minimum atomic E-state index is -4.41. The van der Waals surface area contributed by atoms with Crippen LogP contribution >= 0.6 is 0 Å². The Hall–Kier alpha value is -1.92. The molecular formula is C14H17F3N2O2. The third kappa shape index (κ3) is 4.84. The second kappa shape index (κ2) is 6.24. The SMILES string of the molecule is COc1ccc(C(NC(=O)NCC(F)(F)F)C2CC2)cc1. The predicted molar refractivity (Wildman–Crippen MR) is 71.0 cm³/mol. The van der Waals surface area contributed by atoms with Gasteiger partial charge < -0.3 is 15.4 Å². The quantitative estimate of drug-likeness (QED) is 0.878. The molecule has 21 heavy (non-hydrogen) atoms. The van der Waals surface area contributed by atoms with E-state index >= 15 is 0 Å². The molecule has 1 aromatic carbocycles. The van der Waals surface area contributed by atoms with E-state index in [1.807, 2.05) is 17.4 Å². The van der Waals surface area contributed by atoms with Crippen molar-refractivity contribution in [3.63, 3.8) is 0 Å². The van der Waals surface area contributed by atoms with Crippen LogP contribution in [0.1, 0.15) is 24.4 Å². The van der Waals surface area contributed by atoms with Gasteiger partial charge in [-0.25, -0.2) is 4.79 Å². The van der Waals surface area contributed by atoms with Gasteiger partial charge in [0.05, 0.1) is 13.2 Å². The molecule has 0 spiro atoms. The first-order valence-corrected chi connectivity index (χ1v) is 6.64. The van der Waals surface area contributed by atoms with E-state index in [-0.39, 0.29) is 12.0 Å². The molecule has 0 heterocycles. The maximum Gasteiger partial charge on any atom is 0.405 e. The minimum absolute atomic E-state index is 0.273. The Balaban J connectivity index is 1.97. The van der Waals surface area contributed by atoms with Gasteiger partial charge in [0.2, 0.25) is 0 Å². The van der Waals surface area contributed by atoms with Gasteiger partial charge in [-0.3, -0.25) is 0 Å². The van der Waals surface area contributed by atoms with Crippen LogP contribution in [0.25, 0.3) is 0 Å². The second-order valence-electron chi connectivity index (χ2n) is 5.03. The summed E-state index contributed by atoms with van der Waals surface area (Å²) in [5.41, 5.74) is 0.862. The number of hydrogen-bond acceptors (Lipinski definition) is 2. The first kappa shape index (κ1) is 15.5. The van der Waals surface area contributed by atoms with Crippen LogP contribution in [0, 0.1) is 5.92 Å². The number of amides is 2. The molecular weight excluding hydrogens is 285 g/mol. The summed E-state index contributed by atoms with van der Waals surface area (Å²) in [5.74, 6) is 0.963. The zero-order valence-electron chi connectivity index (χ0n) is 11.5. The highest BCUT2D eigenvalue weighted by Gasteiger charge is 2.34. The fraction of sp³-hybridized carbons (Fsp3) is 0.500. The lowest BCUT2D eigenvalue weighted by atomic mass is 10.0. The van der Waals surface area contributed by atoms with Crippen molar-refractivity contribution in [2.45, 2.75) is 25.1 Å². The summed E-state index contributed by atoms with van der Waals surface area (Å²) in [6, 6.07) is 6.07. The lowest BCUT2D eigenvalue weighted by molar-refractivity contribution is -0.122. The molecule has 2 N–H and O–H groups in total. The molecule has 0 aliphatic heterocycles. The average Bonchev–Trinajstić information content (AvgIpc) is 3.26. The van der Waals surface area contributed by atoms with Crippen molar-refractivity contribution >= 4 is 6.03 Å². The number of rotatable bonds is 5. The second-order valence-corrected chi connectivity index (χ2v) is 5.03. The summed E-state index contributed by atoms with van der Waals surface area (Å²) in [7, 11) is 1.55. The Bertz CT molecular complexity index is 484. The molecule has 0 aromatic heterocycles. The first-order valence-electron chi connectivity index (χ1n) is 6.64. The van der Waals surface area contributed by atoms with E-state index in [1.54, 1.807) is 19.2 Å². The number of urea groups is 1. The standard InChI is InChI=1S/C14H17F3N2O2/c1-21-11-6-4-10(5-7-11)12(9-2-3-9)19-13(20)18-8-14(15,16)17/h4-7,9,12H,2-3,8H2,1H3,(H2,18,19,20). The molecule has 0 bridgehead atoms. The maximum atomic E-state index is 12.1.